The van der Waals surface area contributed by atoms with Crippen LogP contribution in [0.3, 0.4) is 0 Å². The van der Waals surface area contributed by atoms with Gasteiger partial charge in [0.2, 0.25) is 0 Å². The Hall–Kier alpha value is -1.38. The monoisotopic (exact) mass is 177 g/mol. The first-order chi connectivity index (χ1) is 6.03. The van der Waals surface area contributed by atoms with Crippen LogP contribution in [0.4, 0.5) is 5.82 Å². The lowest BCUT2D eigenvalue weighted by molar-refractivity contribution is 0.708. The van der Waals surface area contributed by atoms with Crippen molar-refractivity contribution in [3.05, 3.63) is 30.7 Å². The molecule has 0 aromatic carbocycles. The summed E-state index contributed by atoms with van der Waals surface area (Å²) in [5.74, 6) is 1.60. The quantitative estimate of drug-likeness (QED) is 0.719. The molecule has 1 heterocycles. The molecule has 0 amide bonds. The Morgan fingerprint density at radius 3 is 2.77 bits per heavy atom. The molecule has 0 saturated heterocycles. The van der Waals surface area contributed by atoms with Crippen LogP contribution in [0, 0.1) is 6.92 Å². The number of hydrogen-bond donors (Lipinski definition) is 1. The first-order valence-corrected chi connectivity index (χ1v) is 4.25. The van der Waals surface area contributed by atoms with Gasteiger partial charge in [-0.15, -0.1) is 6.58 Å². The first kappa shape index (κ1) is 9.71. The number of aryl methyl sites for hydroxylation is 1. The average molecular weight is 177 g/mol. The molecule has 0 aliphatic carbocycles. The molecule has 1 aromatic rings. The second kappa shape index (κ2) is 3.56. The highest BCUT2D eigenvalue weighted by atomic mass is 15.1. The van der Waals surface area contributed by atoms with Gasteiger partial charge in [-0.2, -0.15) is 0 Å². The maximum absolute atomic E-state index is 4.24. The summed E-state index contributed by atoms with van der Waals surface area (Å²) in [7, 11) is 0. The summed E-state index contributed by atoms with van der Waals surface area (Å²) in [6.45, 7) is 9.69. The molecule has 3 heteroatoms. The zero-order chi connectivity index (χ0) is 9.90. The number of anilines is 1. The highest BCUT2D eigenvalue weighted by molar-refractivity contribution is 5.37. The van der Waals surface area contributed by atoms with Crippen LogP contribution < -0.4 is 5.32 Å². The lowest BCUT2D eigenvalue weighted by Crippen LogP contribution is -2.28. The maximum atomic E-state index is 4.24. The number of nitrogens with one attached hydrogen (secondary N) is 1. The van der Waals surface area contributed by atoms with Crippen molar-refractivity contribution in [2.75, 3.05) is 5.32 Å². The number of hydrogen-bond acceptors (Lipinski definition) is 3. The van der Waals surface area contributed by atoms with Gasteiger partial charge < -0.3 is 5.32 Å². The molecule has 0 saturated carbocycles. The highest BCUT2D eigenvalue weighted by Gasteiger charge is 2.12. The van der Waals surface area contributed by atoms with Crippen LogP contribution >= 0.6 is 0 Å². The molecule has 0 radical (unpaired) electrons. The Balaban J connectivity index is 2.80. The summed E-state index contributed by atoms with van der Waals surface area (Å²) in [5.41, 5.74) is -0.138. The lowest BCUT2D eigenvalue weighted by Gasteiger charge is -2.22. The molecule has 0 atom stereocenters. The van der Waals surface area contributed by atoms with Gasteiger partial charge in [-0.05, 0) is 26.8 Å². The topological polar surface area (TPSA) is 37.8 Å². The van der Waals surface area contributed by atoms with Crippen molar-refractivity contribution in [2.24, 2.45) is 0 Å². The molecule has 13 heavy (non-hydrogen) atoms. The van der Waals surface area contributed by atoms with Gasteiger partial charge in [0.15, 0.2) is 0 Å². The van der Waals surface area contributed by atoms with Gasteiger partial charge in [0.1, 0.15) is 11.6 Å². The Kier molecular flexibility index (Phi) is 2.66. The second-order valence-corrected chi connectivity index (χ2v) is 3.54. The van der Waals surface area contributed by atoms with Crippen molar-refractivity contribution in [3.63, 3.8) is 0 Å². The van der Waals surface area contributed by atoms with E-state index in [0.29, 0.717) is 0 Å². The Morgan fingerprint density at radius 2 is 2.23 bits per heavy atom. The summed E-state index contributed by atoms with van der Waals surface area (Å²) in [5, 5.41) is 3.24. The Labute approximate surface area is 78.9 Å². The zero-order valence-electron chi connectivity index (χ0n) is 8.33. The van der Waals surface area contributed by atoms with Crippen LogP contribution in [0.1, 0.15) is 19.7 Å². The van der Waals surface area contributed by atoms with E-state index in [1.807, 2.05) is 32.9 Å². The summed E-state index contributed by atoms with van der Waals surface area (Å²) in [6, 6.07) is 1.85. The lowest BCUT2D eigenvalue weighted by atomic mass is 10.1. The van der Waals surface area contributed by atoms with Crippen LogP contribution in [-0.2, 0) is 0 Å². The van der Waals surface area contributed by atoms with E-state index in [2.05, 4.69) is 21.9 Å². The minimum Gasteiger partial charge on any atom is -0.362 e. The molecule has 3 nitrogen and oxygen atoms in total. The van der Waals surface area contributed by atoms with E-state index in [0.717, 1.165) is 11.6 Å². The van der Waals surface area contributed by atoms with E-state index in [-0.39, 0.29) is 5.54 Å². The van der Waals surface area contributed by atoms with Crippen LogP contribution in [0.5, 0.6) is 0 Å². The van der Waals surface area contributed by atoms with Gasteiger partial charge in [0.05, 0.1) is 5.54 Å². The molecule has 1 aromatic heterocycles. The minimum atomic E-state index is -0.138. The van der Waals surface area contributed by atoms with Crippen LogP contribution in [0.15, 0.2) is 24.9 Å². The molecule has 0 aliphatic heterocycles. The summed E-state index contributed by atoms with van der Waals surface area (Å²) < 4.78 is 0. The fourth-order valence-electron chi connectivity index (χ4n) is 0.907. The Morgan fingerprint density at radius 1 is 1.54 bits per heavy atom. The Bertz CT molecular complexity index is 305. The molecule has 0 fully saturated rings. The van der Waals surface area contributed by atoms with Crippen molar-refractivity contribution in [1.82, 2.24) is 9.97 Å². The van der Waals surface area contributed by atoms with Crippen LogP contribution in [0.25, 0.3) is 0 Å². The predicted molar refractivity (Wildman–Crippen MR) is 54.7 cm³/mol. The predicted octanol–water partition coefficient (Wildman–Crippen LogP) is 2.16. The van der Waals surface area contributed by atoms with Gasteiger partial charge in [-0.1, -0.05) is 6.08 Å². The minimum absolute atomic E-state index is 0.138. The van der Waals surface area contributed by atoms with E-state index in [4.69, 9.17) is 0 Å². The third kappa shape index (κ3) is 2.86. The maximum Gasteiger partial charge on any atom is 0.130 e. The molecule has 70 valence electrons. The number of aromatic nitrogens is 2. The van der Waals surface area contributed by atoms with E-state index < -0.39 is 0 Å². The van der Waals surface area contributed by atoms with Gasteiger partial charge in [0, 0.05) is 6.20 Å². The van der Waals surface area contributed by atoms with Crippen molar-refractivity contribution < 1.29 is 0 Å². The zero-order valence-corrected chi connectivity index (χ0v) is 8.33. The third-order valence-electron chi connectivity index (χ3n) is 1.74. The van der Waals surface area contributed by atoms with E-state index >= 15 is 0 Å². The standard InChI is InChI=1S/C10H15N3/c1-5-10(3,4)13-9-6-7-11-8(2)12-9/h5-7H,1H2,2-4H3,(H,11,12,13). The summed E-state index contributed by atoms with van der Waals surface area (Å²) in [4.78, 5) is 8.26. The second-order valence-electron chi connectivity index (χ2n) is 3.54. The van der Waals surface area contributed by atoms with Crippen LogP contribution in [-0.4, -0.2) is 15.5 Å². The van der Waals surface area contributed by atoms with Gasteiger partial charge in [-0.3, -0.25) is 0 Å². The highest BCUT2D eigenvalue weighted by Crippen LogP contribution is 2.12. The van der Waals surface area contributed by atoms with Crippen molar-refractivity contribution in [3.8, 4) is 0 Å². The first-order valence-electron chi connectivity index (χ1n) is 4.25. The summed E-state index contributed by atoms with van der Waals surface area (Å²) in [6.07, 6.45) is 3.59. The van der Waals surface area contributed by atoms with Gasteiger partial charge in [-0.25, -0.2) is 9.97 Å². The fourth-order valence-corrected chi connectivity index (χ4v) is 0.907. The van der Waals surface area contributed by atoms with Crippen LogP contribution in [0.2, 0.25) is 0 Å². The molecule has 0 bridgehead atoms. The van der Waals surface area contributed by atoms with E-state index in [1.165, 1.54) is 0 Å². The molecule has 1 N–H and O–H groups in total. The molecule has 0 unspecified atom stereocenters. The SMILES string of the molecule is C=CC(C)(C)Nc1ccnc(C)n1. The molecular weight excluding hydrogens is 162 g/mol. The number of rotatable bonds is 3. The third-order valence-corrected chi connectivity index (χ3v) is 1.74. The van der Waals surface area contributed by atoms with E-state index in [9.17, 15) is 0 Å². The number of nitrogens with zero attached hydrogens (tertiary/aromatic N) is 2. The fraction of sp³-hybridized carbons (Fsp3) is 0.400. The van der Waals surface area contributed by atoms with Crippen molar-refractivity contribution >= 4 is 5.82 Å². The van der Waals surface area contributed by atoms with Gasteiger partial charge >= 0.3 is 0 Å². The smallest absolute Gasteiger partial charge is 0.130 e. The molecule has 1 rings (SSSR count). The molecular formula is C10H15N3. The average Bonchev–Trinajstić information content (AvgIpc) is 2.03. The largest absolute Gasteiger partial charge is 0.362 e. The molecule has 0 aliphatic rings. The van der Waals surface area contributed by atoms with Crippen molar-refractivity contribution in [1.29, 1.82) is 0 Å². The summed E-state index contributed by atoms with van der Waals surface area (Å²) >= 11 is 0. The normalized spacial score (nSPS) is 11.0. The molecule has 0 spiro atoms. The van der Waals surface area contributed by atoms with Crippen molar-refractivity contribution in [2.45, 2.75) is 26.3 Å². The van der Waals surface area contributed by atoms with Gasteiger partial charge in [0.25, 0.3) is 0 Å². The van der Waals surface area contributed by atoms with E-state index in [1.54, 1.807) is 6.20 Å².